The van der Waals surface area contributed by atoms with Crippen LogP contribution in [-0.2, 0) is 19.9 Å². The third-order valence-corrected chi connectivity index (χ3v) is 7.92. The molecule has 4 N–H and O–H groups in total. The van der Waals surface area contributed by atoms with Gasteiger partial charge in [-0.15, -0.1) is 0 Å². The Bertz CT molecular complexity index is 1120. The Morgan fingerprint density at radius 3 is 2.68 bits per heavy atom. The molecule has 2 fully saturated rings. The van der Waals surface area contributed by atoms with Crippen LogP contribution in [0.25, 0.3) is 11.1 Å². The van der Waals surface area contributed by atoms with Crippen LogP contribution in [0.1, 0.15) is 43.2 Å². The number of morpholine rings is 1. The van der Waals surface area contributed by atoms with E-state index in [1.54, 1.807) is 31.1 Å². The lowest BCUT2D eigenvalue weighted by Gasteiger charge is -2.43. The van der Waals surface area contributed by atoms with Gasteiger partial charge in [0.25, 0.3) is 0 Å². The number of rotatable bonds is 9. The number of carbonyl (C=O) groups is 1. The third-order valence-electron chi connectivity index (χ3n) is 7.92. The van der Waals surface area contributed by atoms with Crippen LogP contribution in [0.2, 0.25) is 0 Å². The molecule has 4 rings (SSSR count). The van der Waals surface area contributed by atoms with Crippen LogP contribution in [0.15, 0.2) is 36.4 Å². The molecule has 1 saturated heterocycles. The van der Waals surface area contributed by atoms with Crippen LogP contribution in [0.3, 0.4) is 0 Å². The smallest absolute Gasteiger partial charge is 0.226 e. The van der Waals surface area contributed by atoms with Crippen molar-refractivity contribution in [2.24, 2.45) is 11.7 Å². The molecule has 0 spiro atoms. The van der Waals surface area contributed by atoms with E-state index >= 15 is 4.39 Å². The van der Waals surface area contributed by atoms with Crippen LogP contribution in [-0.4, -0.2) is 72.7 Å². The van der Waals surface area contributed by atoms with Gasteiger partial charge in [0, 0.05) is 37.8 Å². The first-order valence-corrected chi connectivity index (χ1v) is 13.3. The first-order valence-electron chi connectivity index (χ1n) is 13.3. The minimum absolute atomic E-state index is 0.111. The van der Waals surface area contributed by atoms with Crippen LogP contribution in [0.4, 0.5) is 8.78 Å². The van der Waals surface area contributed by atoms with Crippen molar-refractivity contribution in [3.05, 3.63) is 59.2 Å². The predicted molar refractivity (Wildman–Crippen MR) is 139 cm³/mol. The first kappa shape index (κ1) is 28.6. The number of unbranched alkanes of at least 4 members (excludes halogenated alkanes) is 1. The summed E-state index contributed by atoms with van der Waals surface area (Å²) in [5, 5.41) is 22.4. The maximum absolute atomic E-state index is 15.4. The van der Waals surface area contributed by atoms with Crippen LogP contribution >= 0.6 is 0 Å². The Labute approximate surface area is 222 Å². The molecule has 9 heteroatoms. The molecular weight excluding hydrogens is 494 g/mol. The van der Waals surface area contributed by atoms with E-state index in [1.165, 1.54) is 24.3 Å². The quantitative estimate of drug-likeness (QED) is 0.428. The van der Waals surface area contributed by atoms with E-state index in [9.17, 15) is 19.4 Å². The highest BCUT2D eigenvalue weighted by Gasteiger charge is 2.46. The predicted octanol–water partition coefficient (Wildman–Crippen LogP) is 3.27. The highest BCUT2D eigenvalue weighted by molar-refractivity contribution is 5.79. The number of nitrogens with zero attached hydrogens (tertiary/aromatic N) is 1. The normalized spacial score (nSPS) is 25.4. The monoisotopic (exact) mass is 532 g/mol. The molecule has 2 aromatic rings. The fourth-order valence-electron chi connectivity index (χ4n) is 5.73. The average Bonchev–Trinajstić information content (AvgIpc) is 3.25. The van der Waals surface area contributed by atoms with E-state index in [1.807, 2.05) is 0 Å². The number of aryl methyl sites for hydroxylation is 1. The zero-order valence-electron chi connectivity index (χ0n) is 22.0. The van der Waals surface area contributed by atoms with Crippen molar-refractivity contribution in [1.29, 1.82) is 0 Å². The molecule has 1 aliphatic carbocycles. The Kier molecular flexibility index (Phi) is 9.15. The van der Waals surface area contributed by atoms with E-state index in [0.29, 0.717) is 55.5 Å². The Balaban J connectivity index is 1.69. The molecule has 1 unspecified atom stereocenters. The summed E-state index contributed by atoms with van der Waals surface area (Å²) in [4.78, 5) is 15.0. The highest BCUT2D eigenvalue weighted by atomic mass is 19.1. The molecule has 208 valence electrons. The SMILES string of the molecule is COCCCC[C@@](O)(c1cccc(F)c1-c1ccc(F)c(C)c1)[C@H]1CN(C(=O)C2C[C@@H](N)[C@@H](O)C2)CCO1. The summed E-state index contributed by atoms with van der Waals surface area (Å²) in [6.45, 7) is 2.78. The summed E-state index contributed by atoms with van der Waals surface area (Å²) in [6.07, 6.45) is 0.652. The number of halogens is 2. The number of aliphatic hydroxyl groups is 2. The lowest BCUT2D eigenvalue weighted by atomic mass is 9.78. The molecule has 7 nitrogen and oxygen atoms in total. The number of amides is 1. The van der Waals surface area contributed by atoms with Gasteiger partial charge in [-0.05, 0) is 73.9 Å². The van der Waals surface area contributed by atoms with Gasteiger partial charge in [-0.25, -0.2) is 8.78 Å². The van der Waals surface area contributed by atoms with E-state index in [2.05, 4.69) is 0 Å². The number of hydrogen-bond acceptors (Lipinski definition) is 6. The molecule has 1 saturated carbocycles. The fraction of sp³-hybridized carbons (Fsp3) is 0.552. The van der Waals surface area contributed by atoms with Crippen LogP contribution in [0.5, 0.6) is 0 Å². The van der Waals surface area contributed by atoms with Gasteiger partial charge in [-0.1, -0.05) is 18.2 Å². The molecule has 2 aliphatic rings. The molecular formula is C29H38F2N2O5. The summed E-state index contributed by atoms with van der Waals surface area (Å²) in [5.74, 6) is -1.45. The summed E-state index contributed by atoms with van der Waals surface area (Å²) >= 11 is 0. The highest BCUT2D eigenvalue weighted by Crippen LogP contribution is 2.42. The number of carbonyl (C=O) groups excluding carboxylic acids is 1. The Morgan fingerprint density at radius 1 is 1.21 bits per heavy atom. The summed E-state index contributed by atoms with van der Waals surface area (Å²) < 4.78 is 40.7. The lowest BCUT2D eigenvalue weighted by molar-refractivity contribution is -0.167. The van der Waals surface area contributed by atoms with E-state index < -0.39 is 35.5 Å². The van der Waals surface area contributed by atoms with Gasteiger partial charge < -0.3 is 30.3 Å². The molecule has 5 atom stereocenters. The maximum Gasteiger partial charge on any atom is 0.226 e. The molecule has 1 aliphatic heterocycles. The second-order valence-corrected chi connectivity index (χ2v) is 10.5. The fourth-order valence-corrected chi connectivity index (χ4v) is 5.73. The summed E-state index contributed by atoms with van der Waals surface area (Å²) in [6, 6.07) is 8.44. The number of benzene rings is 2. The second kappa shape index (κ2) is 12.2. The number of methoxy groups -OCH3 is 1. The molecule has 0 aromatic heterocycles. The van der Waals surface area contributed by atoms with Gasteiger partial charge >= 0.3 is 0 Å². The zero-order valence-corrected chi connectivity index (χ0v) is 22.0. The van der Waals surface area contributed by atoms with Crippen LogP contribution in [0, 0.1) is 24.5 Å². The van der Waals surface area contributed by atoms with E-state index in [4.69, 9.17) is 15.2 Å². The maximum atomic E-state index is 15.4. The van der Waals surface area contributed by atoms with E-state index in [-0.39, 0.29) is 37.0 Å². The van der Waals surface area contributed by atoms with Crippen molar-refractivity contribution in [3.63, 3.8) is 0 Å². The minimum Gasteiger partial charge on any atom is -0.391 e. The van der Waals surface area contributed by atoms with Gasteiger partial charge in [-0.2, -0.15) is 0 Å². The number of nitrogens with two attached hydrogens (primary N) is 1. The first-order chi connectivity index (χ1) is 18.2. The lowest BCUT2D eigenvalue weighted by Crippen LogP contribution is -2.55. The molecule has 1 amide bonds. The van der Waals surface area contributed by atoms with Crippen molar-refractivity contribution >= 4 is 5.91 Å². The Morgan fingerprint density at radius 2 is 2.00 bits per heavy atom. The van der Waals surface area contributed by atoms with Gasteiger partial charge in [0.1, 0.15) is 23.3 Å². The number of aliphatic hydroxyl groups excluding tert-OH is 1. The van der Waals surface area contributed by atoms with Crippen molar-refractivity contribution in [2.45, 2.75) is 62.9 Å². The van der Waals surface area contributed by atoms with Crippen molar-refractivity contribution in [1.82, 2.24) is 4.90 Å². The number of ether oxygens (including phenoxy) is 2. The van der Waals surface area contributed by atoms with Crippen molar-refractivity contribution in [2.75, 3.05) is 33.4 Å². The van der Waals surface area contributed by atoms with Crippen molar-refractivity contribution in [3.8, 4) is 11.1 Å². The molecule has 38 heavy (non-hydrogen) atoms. The van der Waals surface area contributed by atoms with Crippen LogP contribution < -0.4 is 5.73 Å². The summed E-state index contributed by atoms with van der Waals surface area (Å²) in [5.41, 5.74) is 5.63. The zero-order chi connectivity index (χ0) is 27.4. The Hall–Kier alpha value is -2.43. The van der Waals surface area contributed by atoms with Gasteiger partial charge in [0.05, 0.1) is 19.3 Å². The van der Waals surface area contributed by atoms with Gasteiger partial charge in [-0.3, -0.25) is 4.79 Å². The van der Waals surface area contributed by atoms with E-state index in [0.717, 1.165) is 0 Å². The second-order valence-electron chi connectivity index (χ2n) is 10.5. The molecule has 0 radical (unpaired) electrons. The molecule has 2 aromatic carbocycles. The standard InChI is InChI=1S/C29H38F2N2O5/c1-18-14-19(8-9-22(18)30)27-21(6-5-7-23(27)31)29(36,10-3-4-12-37-2)26-17-33(11-13-38-26)28(35)20-15-24(32)25(34)16-20/h5-9,14,20,24-26,34,36H,3-4,10-13,15-17,32H2,1-2H3/t20?,24-,25+,26-,29-/m1/s1. The molecule has 1 heterocycles. The van der Waals surface area contributed by atoms with Gasteiger partial charge in [0.15, 0.2) is 0 Å². The molecule has 0 bridgehead atoms. The third kappa shape index (κ3) is 5.92. The van der Waals surface area contributed by atoms with Gasteiger partial charge in [0.2, 0.25) is 5.91 Å². The summed E-state index contributed by atoms with van der Waals surface area (Å²) in [7, 11) is 1.60. The minimum atomic E-state index is -1.64. The largest absolute Gasteiger partial charge is 0.391 e. The average molecular weight is 533 g/mol. The van der Waals surface area contributed by atoms with Crippen molar-refractivity contribution < 1.29 is 33.3 Å². The number of hydrogen-bond donors (Lipinski definition) is 3. The topological polar surface area (TPSA) is 105 Å².